The molecule has 6 nitrogen and oxygen atoms in total. The summed E-state index contributed by atoms with van der Waals surface area (Å²) in [5, 5.41) is 10.1. The zero-order chi connectivity index (χ0) is 19.1. The smallest absolute Gasteiger partial charge is 0.414 e. The van der Waals surface area contributed by atoms with Gasteiger partial charge in [-0.15, -0.1) is 11.8 Å². The molecule has 0 spiro atoms. The maximum atomic E-state index is 11.5. The van der Waals surface area contributed by atoms with Crippen molar-refractivity contribution >= 4 is 17.9 Å². The molecule has 140 valence electrons. The number of nitrogens with zero attached hydrogens (tertiary/aromatic N) is 1. The van der Waals surface area contributed by atoms with Gasteiger partial charge >= 0.3 is 6.09 Å². The lowest BCUT2D eigenvalue weighted by Gasteiger charge is -2.16. The summed E-state index contributed by atoms with van der Waals surface area (Å²) in [6.45, 7) is 0. The molecule has 0 saturated heterocycles. The highest BCUT2D eigenvalue weighted by molar-refractivity contribution is 7.98. The first kappa shape index (κ1) is 19.9. The number of thioether (sulfide) groups is 1. The highest BCUT2D eigenvalue weighted by Crippen LogP contribution is 2.26. The van der Waals surface area contributed by atoms with Crippen LogP contribution < -0.4 is 15.2 Å². The third-order valence-corrected chi connectivity index (χ3v) is 4.42. The van der Waals surface area contributed by atoms with E-state index in [0.717, 1.165) is 4.90 Å². The zero-order valence-corrected chi connectivity index (χ0v) is 16.0. The minimum absolute atomic E-state index is 0.0607. The summed E-state index contributed by atoms with van der Waals surface area (Å²) >= 11 is 1.66. The molecule has 0 saturated carbocycles. The third-order valence-electron chi connectivity index (χ3n) is 3.67. The number of hydrogen-bond acceptors (Lipinski definition) is 6. The Morgan fingerprint density at radius 1 is 1.19 bits per heavy atom. The van der Waals surface area contributed by atoms with Crippen LogP contribution in [0, 0.1) is 0 Å². The number of aryl methyl sites for hydroxylation is 1. The van der Waals surface area contributed by atoms with Crippen LogP contribution in [0.5, 0.6) is 17.2 Å². The quantitative estimate of drug-likeness (QED) is 0.568. The van der Waals surface area contributed by atoms with Crippen molar-refractivity contribution in [1.29, 1.82) is 0 Å². The van der Waals surface area contributed by atoms with E-state index < -0.39 is 12.3 Å². The second kappa shape index (κ2) is 9.35. The number of carbonyl (C=O) groups excluding carboxylic acids is 1. The van der Waals surface area contributed by atoms with Crippen molar-refractivity contribution in [3.05, 3.63) is 48.0 Å². The fourth-order valence-electron chi connectivity index (χ4n) is 2.20. The van der Waals surface area contributed by atoms with Crippen LogP contribution in [0.15, 0.2) is 47.4 Å². The number of aromatic hydroxyl groups is 1. The Hall–Kier alpha value is -2.38. The lowest BCUT2D eigenvalue weighted by Crippen LogP contribution is -2.27. The zero-order valence-electron chi connectivity index (χ0n) is 15.1. The Morgan fingerprint density at radius 2 is 1.85 bits per heavy atom. The summed E-state index contributed by atoms with van der Waals surface area (Å²) in [7, 11) is 3.18. The largest absolute Gasteiger partial charge is 0.508 e. The molecule has 0 aliphatic rings. The molecule has 2 aromatic carbocycles. The van der Waals surface area contributed by atoms with E-state index in [1.54, 1.807) is 38.0 Å². The van der Waals surface area contributed by atoms with Crippen molar-refractivity contribution in [3.63, 3.8) is 0 Å². The molecule has 1 atom stereocenters. The second-order valence-corrected chi connectivity index (χ2v) is 6.80. The number of phenols is 1. The van der Waals surface area contributed by atoms with E-state index in [1.807, 2.05) is 30.5 Å². The number of hydrogen-bond donors (Lipinski definition) is 2. The first-order valence-electron chi connectivity index (χ1n) is 8.16. The van der Waals surface area contributed by atoms with Gasteiger partial charge in [0.2, 0.25) is 0 Å². The maximum absolute atomic E-state index is 11.5. The summed E-state index contributed by atoms with van der Waals surface area (Å²) in [4.78, 5) is 14.0. The van der Waals surface area contributed by atoms with Gasteiger partial charge in [0.05, 0.1) is 0 Å². The first-order chi connectivity index (χ1) is 12.4. The maximum Gasteiger partial charge on any atom is 0.414 e. The molecule has 2 aromatic rings. The second-order valence-electron chi connectivity index (χ2n) is 5.92. The van der Waals surface area contributed by atoms with Gasteiger partial charge in [-0.3, -0.25) is 5.73 Å². The SMILES string of the molecule is CSc1ccc(OC(N)CCc2ccc(OC(=O)N(C)C)cc2O)cc1. The number of benzene rings is 2. The topological polar surface area (TPSA) is 85.0 Å². The third kappa shape index (κ3) is 5.86. The molecule has 0 radical (unpaired) electrons. The van der Waals surface area contributed by atoms with Crippen molar-refractivity contribution < 1.29 is 19.4 Å². The van der Waals surface area contributed by atoms with Gasteiger partial charge in [0, 0.05) is 31.5 Å². The van der Waals surface area contributed by atoms with Crippen molar-refractivity contribution in [2.45, 2.75) is 24.0 Å². The Labute approximate surface area is 157 Å². The number of phenolic OH excluding ortho intramolecular Hbond substituents is 1. The minimum atomic E-state index is -0.500. The van der Waals surface area contributed by atoms with Crippen molar-refractivity contribution in [3.8, 4) is 17.2 Å². The predicted octanol–water partition coefficient (Wildman–Crippen LogP) is 3.47. The average Bonchev–Trinajstić information content (AvgIpc) is 2.61. The van der Waals surface area contributed by atoms with Gasteiger partial charge in [0.15, 0.2) is 0 Å². The summed E-state index contributed by atoms with van der Waals surface area (Å²) in [6, 6.07) is 12.5. The molecular formula is C19H24N2O4S. The molecule has 0 aliphatic heterocycles. The van der Waals surface area contributed by atoms with Gasteiger partial charge in [-0.25, -0.2) is 4.79 Å². The summed E-state index contributed by atoms with van der Waals surface area (Å²) in [5.74, 6) is 1.07. The van der Waals surface area contributed by atoms with Gasteiger partial charge in [0.1, 0.15) is 23.5 Å². The molecule has 2 rings (SSSR count). The summed E-state index contributed by atoms with van der Waals surface area (Å²) in [5.41, 5.74) is 6.73. The van der Waals surface area contributed by atoms with E-state index >= 15 is 0 Å². The van der Waals surface area contributed by atoms with Crippen molar-refractivity contribution in [1.82, 2.24) is 4.90 Å². The van der Waals surface area contributed by atoms with Gasteiger partial charge in [0.25, 0.3) is 0 Å². The van der Waals surface area contributed by atoms with Crippen LogP contribution in [-0.2, 0) is 6.42 Å². The van der Waals surface area contributed by atoms with Gasteiger partial charge in [-0.2, -0.15) is 0 Å². The van der Waals surface area contributed by atoms with Crippen LogP contribution in [0.25, 0.3) is 0 Å². The van der Waals surface area contributed by atoms with E-state index in [4.69, 9.17) is 15.2 Å². The van der Waals surface area contributed by atoms with E-state index in [9.17, 15) is 9.90 Å². The number of carbonyl (C=O) groups is 1. The van der Waals surface area contributed by atoms with E-state index in [1.165, 1.54) is 11.0 Å². The Morgan fingerprint density at radius 3 is 2.42 bits per heavy atom. The lowest BCUT2D eigenvalue weighted by atomic mass is 10.1. The number of nitrogens with two attached hydrogens (primary N) is 1. The molecule has 1 unspecified atom stereocenters. The van der Waals surface area contributed by atoms with Crippen molar-refractivity contribution in [2.75, 3.05) is 20.4 Å². The molecule has 26 heavy (non-hydrogen) atoms. The Bertz CT molecular complexity index is 735. The van der Waals surface area contributed by atoms with Crippen LogP contribution in [0.3, 0.4) is 0 Å². The molecule has 0 fully saturated rings. The molecule has 0 bridgehead atoms. The Balaban J connectivity index is 1.88. The lowest BCUT2D eigenvalue weighted by molar-refractivity contribution is 0.172. The molecule has 1 amide bonds. The van der Waals surface area contributed by atoms with Crippen LogP contribution in [0.4, 0.5) is 4.79 Å². The molecule has 0 aliphatic carbocycles. The highest BCUT2D eigenvalue weighted by atomic mass is 32.2. The standard InChI is InChI=1S/C19H24N2O4S/c1-21(2)19(23)25-15-6-4-13(17(22)12-15)5-11-18(20)24-14-7-9-16(26-3)10-8-14/h4,6-10,12,18,22H,5,11,20H2,1-3H3. The van der Waals surface area contributed by atoms with E-state index in [2.05, 4.69) is 0 Å². The van der Waals surface area contributed by atoms with Crippen LogP contribution in [0.2, 0.25) is 0 Å². The Kier molecular flexibility index (Phi) is 7.17. The van der Waals surface area contributed by atoms with Gasteiger partial charge < -0.3 is 19.5 Å². The first-order valence-corrected chi connectivity index (χ1v) is 9.39. The highest BCUT2D eigenvalue weighted by Gasteiger charge is 2.11. The fraction of sp³-hybridized carbons (Fsp3) is 0.316. The normalized spacial score (nSPS) is 11.7. The van der Waals surface area contributed by atoms with Gasteiger partial charge in [-0.1, -0.05) is 6.07 Å². The monoisotopic (exact) mass is 376 g/mol. The molecule has 0 aromatic heterocycles. The number of ether oxygens (including phenoxy) is 2. The number of rotatable bonds is 7. The minimum Gasteiger partial charge on any atom is -0.508 e. The molecule has 3 N–H and O–H groups in total. The summed E-state index contributed by atoms with van der Waals surface area (Å²) in [6.07, 6.45) is 2.11. The van der Waals surface area contributed by atoms with Crippen molar-refractivity contribution in [2.24, 2.45) is 5.73 Å². The van der Waals surface area contributed by atoms with Crippen LogP contribution >= 0.6 is 11.8 Å². The van der Waals surface area contributed by atoms with E-state index in [0.29, 0.717) is 29.9 Å². The van der Waals surface area contributed by atoms with Crippen LogP contribution in [-0.4, -0.2) is 42.7 Å². The van der Waals surface area contributed by atoms with Gasteiger partial charge in [-0.05, 0) is 48.6 Å². The average molecular weight is 376 g/mol. The molecule has 0 heterocycles. The molecular weight excluding hydrogens is 352 g/mol. The van der Waals surface area contributed by atoms with E-state index in [-0.39, 0.29) is 5.75 Å². The fourth-order valence-corrected chi connectivity index (χ4v) is 2.60. The number of amides is 1. The molecule has 7 heteroatoms. The predicted molar refractivity (Wildman–Crippen MR) is 103 cm³/mol. The van der Waals surface area contributed by atoms with Crippen LogP contribution in [0.1, 0.15) is 12.0 Å². The summed E-state index contributed by atoms with van der Waals surface area (Å²) < 4.78 is 10.8.